The van der Waals surface area contributed by atoms with E-state index in [1.54, 1.807) is 6.07 Å². The number of nitrogens with zero attached hydrogens (tertiary/aromatic N) is 2. The first-order valence-corrected chi connectivity index (χ1v) is 8.61. The summed E-state index contributed by atoms with van der Waals surface area (Å²) < 4.78 is 30.6. The molecule has 0 aliphatic rings. The van der Waals surface area contributed by atoms with Gasteiger partial charge >= 0.3 is 0 Å². The van der Waals surface area contributed by atoms with E-state index in [4.69, 9.17) is 4.52 Å². The van der Waals surface area contributed by atoms with Gasteiger partial charge in [0, 0.05) is 11.1 Å². The molecule has 1 N–H and O–H groups in total. The highest BCUT2D eigenvalue weighted by atomic mass is 19.3. The zero-order valence-electron chi connectivity index (χ0n) is 14.6. The van der Waals surface area contributed by atoms with Gasteiger partial charge in [-0.2, -0.15) is 0 Å². The van der Waals surface area contributed by atoms with Crippen LogP contribution in [-0.2, 0) is 0 Å². The number of carbonyl (C=O) groups is 1. The first-order chi connectivity index (χ1) is 13.6. The van der Waals surface area contributed by atoms with Crippen molar-refractivity contribution in [1.29, 1.82) is 0 Å². The third-order valence-corrected chi connectivity index (χ3v) is 4.22. The molecular formula is C21H15F2N3O2. The first kappa shape index (κ1) is 17.8. The van der Waals surface area contributed by atoms with Crippen LogP contribution in [0.2, 0.25) is 0 Å². The molecular weight excluding hydrogens is 364 g/mol. The number of hydrogen-bond acceptors (Lipinski definition) is 4. The van der Waals surface area contributed by atoms with E-state index in [2.05, 4.69) is 15.5 Å². The van der Waals surface area contributed by atoms with Crippen LogP contribution in [0, 0.1) is 0 Å². The number of pyridine rings is 1. The fraction of sp³-hybridized carbons (Fsp3) is 0.0952. The van der Waals surface area contributed by atoms with E-state index >= 15 is 0 Å². The summed E-state index contributed by atoms with van der Waals surface area (Å²) in [5.41, 5.74) is 2.78. The number of hydrogen-bond donors (Lipinski definition) is 1. The number of halogens is 2. The Morgan fingerprint density at radius 1 is 1.00 bits per heavy atom. The van der Waals surface area contributed by atoms with Crippen molar-refractivity contribution >= 4 is 17.0 Å². The molecule has 0 aliphatic carbocycles. The van der Waals surface area contributed by atoms with E-state index < -0.39 is 18.9 Å². The standard InChI is InChI=1S/C21H15F2N3O2/c22-17(23)12-24-20(27)15-11-16(13-7-3-1-4-8-13)25-21-18(15)19(26-28-21)14-9-5-2-6-10-14/h1-11,17H,12H2,(H,24,27). The quantitative estimate of drug-likeness (QED) is 0.552. The lowest BCUT2D eigenvalue weighted by Gasteiger charge is -2.08. The summed E-state index contributed by atoms with van der Waals surface area (Å²) in [6.45, 7) is -0.741. The molecule has 5 nitrogen and oxygen atoms in total. The summed E-state index contributed by atoms with van der Waals surface area (Å²) in [4.78, 5) is 17.2. The summed E-state index contributed by atoms with van der Waals surface area (Å²) >= 11 is 0. The van der Waals surface area contributed by atoms with Crippen LogP contribution in [0.3, 0.4) is 0 Å². The molecule has 2 aromatic heterocycles. The molecule has 4 aromatic rings. The highest BCUT2D eigenvalue weighted by Gasteiger charge is 2.22. The van der Waals surface area contributed by atoms with Gasteiger partial charge in [-0.05, 0) is 6.07 Å². The molecule has 0 bridgehead atoms. The molecule has 0 atom stereocenters. The lowest BCUT2D eigenvalue weighted by molar-refractivity contribution is 0.0893. The van der Waals surface area contributed by atoms with Gasteiger partial charge in [0.1, 0.15) is 5.69 Å². The third-order valence-electron chi connectivity index (χ3n) is 4.22. The van der Waals surface area contributed by atoms with Gasteiger partial charge in [0.25, 0.3) is 18.0 Å². The fourth-order valence-corrected chi connectivity index (χ4v) is 2.95. The van der Waals surface area contributed by atoms with E-state index in [1.807, 2.05) is 60.7 Å². The molecule has 28 heavy (non-hydrogen) atoms. The van der Waals surface area contributed by atoms with Gasteiger partial charge in [0.2, 0.25) is 0 Å². The Morgan fingerprint density at radius 2 is 1.64 bits per heavy atom. The molecule has 0 fully saturated rings. The predicted molar refractivity (Wildman–Crippen MR) is 101 cm³/mol. The number of aromatic nitrogens is 2. The number of alkyl halides is 2. The SMILES string of the molecule is O=C(NCC(F)F)c1cc(-c2ccccc2)nc2onc(-c3ccccc3)c12. The van der Waals surface area contributed by atoms with E-state index in [0.717, 1.165) is 11.1 Å². The summed E-state index contributed by atoms with van der Waals surface area (Å²) in [6, 6.07) is 20.0. The van der Waals surface area contributed by atoms with Crippen molar-refractivity contribution in [3.05, 3.63) is 72.3 Å². The maximum Gasteiger partial charge on any atom is 0.259 e. The number of amides is 1. The molecule has 0 aliphatic heterocycles. The van der Waals surface area contributed by atoms with E-state index in [9.17, 15) is 13.6 Å². The highest BCUT2D eigenvalue weighted by Crippen LogP contribution is 2.32. The molecule has 1 amide bonds. The molecule has 2 heterocycles. The lowest BCUT2D eigenvalue weighted by Crippen LogP contribution is -2.28. The molecule has 0 radical (unpaired) electrons. The van der Waals surface area contributed by atoms with Crippen LogP contribution in [-0.4, -0.2) is 29.0 Å². The van der Waals surface area contributed by atoms with Crippen molar-refractivity contribution in [3.8, 4) is 22.5 Å². The summed E-state index contributed by atoms with van der Waals surface area (Å²) in [7, 11) is 0. The largest absolute Gasteiger partial charge is 0.346 e. The number of rotatable bonds is 5. The van der Waals surface area contributed by atoms with Crippen LogP contribution < -0.4 is 5.32 Å². The van der Waals surface area contributed by atoms with Crippen LogP contribution in [0.5, 0.6) is 0 Å². The number of carbonyl (C=O) groups excluding carboxylic acids is 1. The molecule has 140 valence electrons. The van der Waals surface area contributed by atoms with Crippen LogP contribution in [0.1, 0.15) is 10.4 Å². The van der Waals surface area contributed by atoms with Gasteiger partial charge in [-0.1, -0.05) is 65.8 Å². The van der Waals surface area contributed by atoms with E-state index in [1.165, 1.54) is 0 Å². The number of fused-ring (bicyclic) bond motifs is 1. The minimum atomic E-state index is -2.65. The number of nitrogens with one attached hydrogen (secondary N) is 1. The average Bonchev–Trinajstić information content (AvgIpc) is 3.16. The Balaban J connectivity index is 1.90. The van der Waals surface area contributed by atoms with E-state index in [-0.39, 0.29) is 11.3 Å². The summed E-state index contributed by atoms with van der Waals surface area (Å²) in [5, 5.41) is 6.71. The van der Waals surface area contributed by atoms with Crippen LogP contribution in [0.4, 0.5) is 8.78 Å². The second kappa shape index (κ2) is 7.56. The molecule has 0 saturated carbocycles. The Hall–Kier alpha value is -3.61. The van der Waals surface area contributed by atoms with Crippen LogP contribution >= 0.6 is 0 Å². The van der Waals surface area contributed by atoms with Crippen molar-refractivity contribution < 1.29 is 18.1 Å². The third kappa shape index (κ3) is 3.46. The Labute approximate surface area is 159 Å². The monoisotopic (exact) mass is 379 g/mol. The van der Waals surface area contributed by atoms with Gasteiger partial charge in [-0.15, -0.1) is 0 Å². The molecule has 0 spiro atoms. The molecule has 7 heteroatoms. The lowest BCUT2D eigenvalue weighted by atomic mass is 10.0. The number of benzene rings is 2. The zero-order chi connectivity index (χ0) is 19.5. The van der Waals surface area contributed by atoms with Gasteiger partial charge in [-0.25, -0.2) is 13.8 Å². The van der Waals surface area contributed by atoms with Gasteiger partial charge in [0.05, 0.1) is 23.2 Å². The van der Waals surface area contributed by atoms with Crippen molar-refractivity contribution in [2.24, 2.45) is 0 Å². The van der Waals surface area contributed by atoms with E-state index in [0.29, 0.717) is 16.8 Å². The topological polar surface area (TPSA) is 68.0 Å². The summed E-state index contributed by atoms with van der Waals surface area (Å²) in [5.74, 6) is -0.634. The smallest absolute Gasteiger partial charge is 0.259 e. The van der Waals surface area contributed by atoms with Gasteiger partial charge in [-0.3, -0.25) is 4.79 Å². The fourth-order valence-electron chi connectivity index (χ4n) is 2.95. The van der Waals surface area contributed by atoms with Crippen LogP contribution in [0.15, 0.2) is 71.3 Å². The second-order valence-electron chi connectivity index (χ2n) is 6.10. The van der Waals surface area contributed by atoms with Crippen molar-refractivity contribution in [2.75, 3.05) is 6.54 Å². The molecule has 0 saturated heterocycles. The Bertz CT molecular complexity index is 1110. The Kier molecular flexibility index (Phi) is 4.80. The molecule has 4 rings (SSSR count). The minimum absolute atomic E-state index is 0.169. The maximum absolute atomic E-state index is 12.7. The highest BCUT2D eigenvalue weighted by molar-refractivity contribution is 6.10. The predicted octanol–water partition coefficient (Wildman–Crippen LogP) is 4.55. The second-order valence-corrected chi connectivity index (χ2v) is 6.10. The van der Waals surface area contributed by atoms with Gasteiger partial charge < -0.3 is 9.84 Å². The average molecular weight is 379 g/mol. The normalized spacial score (nSPS) is 11.1. The Morgan fingerprint density at radius 3 is 2.29 bits per heavy atom. The summed E-state index contributed by atoms with van der Waals surface area (Å²) in [6.07, 6.45) is -2.65. The maximum atomic E-state index is 12.7. The minimum Gasteiger partial charge on any atom is -0.346 e. The van der Waals surface area contributed by atoms with Gasteiger partial charge in [0.15, 0.2) is 0 Å². The zero-order valence-corrected chi connectivity index (χ0v) is 14.6. The van der Waals surface area contributed by atoms with Crippen molar-refractivity contribution in [2.45, 2.75) is 6.43 Å². The van der Waals surface area contributed by atoms with Crippen molar-refractivity contribution in [1.82, 2.24) is 15.5 Å². The molecule has 2 aromatic carbocycles. The van der Waals surface area contributed by atoms with Crippen LogP contribution in [0.25, 0.3) is 33.6 Å². The molecule has 0 unspecified atom stereocenters. The van der Waals surface area contributed by atoms with Crippen molar-refractivity contribution in [3.63, 3.8) is 0 Å². The first-order valence-electron chi connectivity index (χ1n) is 8.61.